The van der Waals surface area contributed by atoms with Crippen molar-refractivity contribution >= 4 is 24.5 Å². The number of unbranched alkanes of at least 4 members (excludes halogenated alkanes) is 3. The van der Waals surface area contributed by atoms with Crippen LogP contribution in [0.2, 0.25) is 17.7 Å². The first kappa shape index (κ1) is 21.8. The molecule has 0 saturated carbocycles. The van der Waals surface area contributed by atoms with Gasteiger partial charge in [0.2, 0.25) is 0 Å². The summed E-state index contributed by atoms with van der Waals surface area (Å²) in [4.78, 5) is 11.0. The monoisotopic (exact) mass is 419 g/mol. The van der Waals surface area contributed by atoms with Crippen LogP contribution in [0.3, 0.4) is 0 Å². The molecule has 1 unspecified atom stereocenters. The molecule has 0 spiro atoms. The predicted octanol–water partition coefficient (Wildman–Crippen LogP) is 5.88. The first-order chi connectivity index (χ1) is 10.4. The van der Waals surface area contributed by atoms with Crippen LogP contribution in [-0.4, -0.2) is 30.6 Å². The van der Waals surface area contributed by atoms with Gasteiger partial charge in [-0.25, -0.2) is 0 Å². The average molecular weight is 418 g/mol. The fourth-order valence-electron chi connectivity index (χ4n) is 3.18. The zero-order valence-electron chi connectivity index (χ0n) is 15.2. The number of nitrogens with two attached hydrogens (primary N) is 1. The molecule has 0 saturated heterocycles. The molecule has 0 radical (unpaired) electrons. The molecular formula is C18H37NO2Sn. The normalized spacial score (nSPS) is 12.9. The fraction of sp³-hybridized carbons (Fsp3) is 0.833. The number of hydrogen-bond donors (Lipinski definition) is 1. The van der Waals surface area contributed by atoms with Crippen molar-refractivity contribution in [2.45, 2.75) is 90.1 Å². The van der Waals surface area contributed by atoms with Crippen molar-refractivity contribution in [3.63, 3.8) is 0 Å². The van der Waals surface area contributed by atoms with Crippen LogP contribution in [0, 0.1) is 0 Å². The van der Waals surface area contributed by atoms with Crippen LogP contribution in [0.5, 0.6) is 0 Å². The molecule has 3 nitrogen and oxygen atoms in total. The Morgan fingerprint density at radius 1 is 1.05 bits per heavy atom. The van der Waals surface area contributed by atoms with E-state index in [1.165, 1.54) is 51.8 Å². The summed E-state index contributed by atoms with van der Waals surface area (Å²) < 4.78 is 10.7. The molecule has 0 rings (SSSR count). The van der Waals surface area contributed by atoms with E-state index in [0.717, 1.165) is 10.0 Å². The molecule has 1 amide bonds. The van der Waals surface area contributed by atoms with Gasteiger partial charge in [-0.05, 0) is 0 Å². The predicted molar refractivity (Wildman–Crippen MR) is 99.0 cm³/mol. The first-order valence-electron chi connectivity index (χ1n) is 9.04. The van der Waals surface area contributed by atoms with Crippen LogP contribution in [0.15, 0.2) is 12.2 Å². The molecule has 0 heterocycles. The maximum absolute atomic E-state index is 11.0. The van der Waals surface area contributed by atoms with E-state index in [-0.39, 0.29) is 6.10 Å². The molecule has 0 fully saturated rings. The van der Waals surface area contributed by atoms with Gasteiger partial charge in [0, 0.05) is 0 Å². The Morgan fingerprint density at radius 3 is 1.77 bits per heavy atom. The van der Waals surface area contributed by atoms with Crippen LogP contribution in [0.1, 0.15) is 66.2 Å². The van der Waals surface area contributed by atoms with Crippen molar-refractivity contribution in [2.24, 2.45) is 5.73 Å². The number of primary amides is 1. The zero-order chi connectivity index (χ0) is 17.0. The van der Waals surface area contributed by atoms with Gasteiger partial charge in [-0.3, -0.25) is 0 Å². The van der Waals surface area contributed by atoms with E-state index >= 15 is 0 Å². The zero-order valence-corrected chi connectivity index (χ0v) is 18.1. The number of amides is 1. The van der Waals surface area contributed by atoms with Gasteiger partial charge in [0.15, 0.2) is 0 Å². The van der Waals surface area contributed by atoms with Crippen LogP contribution in [0.25, 0.3) is 0 Å². The van der Waals surface area contributed by atoms with Crippen molar-refractivity contribution in [3.8, 4) is 0 Å². The second-order valence-electron chi connectivity index (χ2n) is 6.72. The molecule has 1 atom stereocenters. The van der Waals surface area contributed by atoms with E-state index < -0.39 is 24.5 Å². The molecule has 0 aromatic heterocycles. The standard InChI is InChI=1S/C6H10NO2.3C4H9.Sn/c1-4(2)5(3)9-6(7)8;3*1-3-4-2;/h5H,1-2H2,3H3,(H2,7,8);3*1,3-4H2,2H3;. The Bertz CT molecular complexity index is 309. The summed E-state index contributed by atoms with van der Waals surface area (Å²) in [7, 11) is 0. The van der Waals surface area contributed by atoms with E-state index in [9.17, 15) is 4.79 Å². The van der Waals surface area contributed by atoms with Gasteiger partial charge in [-0.15, -0.1) is 0 Å². The molecule has 0 bridgehead atoms. The third-order valence-electron chi connectivity index (χ3n) is 4.65. The second-order valence-corrected chi connectivity index (χ2v) is 20.6. The van der Waals surface area contributed by atoms with Crippen molar-refractivity contribution in [1.82, 2.24) is 0 Å². The Balaban J connectivity index is 4.97. The van der Waals surface area contributed by atoms with E-state index in [2.05, 4.69) is 27.4 Å². The van der Waals surface area contributed by atoms with E-state index in [1.807, 2.05) is 6.92 Å². The fourth-order valence-corrected chi connectivity index (χ4v) is 19.9. The third-order valence-corrected chi connectivity index (χ3v) is 20.2. The summed E-state index contributed by atoms with van der Waals surface area (Å²) in [6, 6.07) is 0. The summed E-state index contributed by atoms with van der Waals surface area (Å²) in [6.07, 6.45) is 6.94. The maximum atomic E-state index is 11.0. The molecule has 0 aromatic carbocycles. The van der Waals surface area contributed by atoms with Crippen molar-refractivity contribution in [3.05, 3.63) is 12.2 Å². The van der Waals surface area contributed by atoms with Gasteiger partial charge >= 0.3 is 142 Å². The molecule has 22 heavy (non-hydrogen) atoms. The Morgan fingerprint density at radius 2 is 1.45 bits per heavy atom. The molecule has 0 aliphatic carbocycles. The van der Waals surface area contributed by atoms with E-state index in [0.29, 0.717) is 0 Å². The third kappa shape index (κ3) is 9.06. The SMILES string of the molecule is C=C([CH2][Sn]([CH2]CCC)([CH2]CCC)[CH2]CCC)C(C)OC(N)=O. The van der Waals surface area contributed by atoms with E-state index in [4.69, 9.17) is 10.5 Å². The van der Waals surface area contributed by atoms with Gasteiger partial charge in [-0.1, -0.05) is 0 Å². The summed E-state index contributed by atoms with van der Waals surface area (Å²) in [5, 5.41) is 0. The Labute approximate surface area is 141 Å². The average Bonchev–Trinajstić information content (AvgIpc) is 2.47. The molecule has 0 aliphatic heterocycles. The van der Waals surface area contributed by atoms with Crippen LogP contribution < -0.4 is 5.73 Å². The molecular weight excluding hydrogens is 381 g/mol. The van der Waals surface area contributed by atoms with Gasteiger partial charge in [0.05, 0.1) is 0 Å². The first-order valence-corrected chi connectivity index (χ1v) is 17.1. The van der Waals surface area contributed by atoms with Crippen LogP contribution in [-0.2, 0) is 4.74 Å². The molecule has 130 valence electrons. The molecule has 4 heteroatoms. The van der Waals surface area contributed by atoms with Gasteiger partial charge in [-0.2, -0.15) is 0 Å². The number of hydrogen-bond acceptors (Lipinski definition) is 2. The number of carbonyl (C=O) groups excluding carboxylic acids is 1. The molecule has 2 N–H and O–H groups in total. The summed E-state index contributed by atoms with van der Waals surface area (Å²) in [6.45, 7) is 13.0. The minimum absolute atomic E-state index is 0.238. The van der Waals surface area contributed by atoms with Crippen LogP contribution >= 0.6 is 0 Å². The van der Waals surface area contributed by atoms with E-state index in [1.54, 1.807) is 0 Å². The molecule has 0 aromatic rings. The van der Waals surface area contributed by atoms with Crippen LogP contribution in [0.4, 0.5) is 4.79 Å². The topological polar surface area (TPSA) is 52.3 Å². The molecule has 0 aliphatic rings. The number of ether oxygens (including phenoxy) is 1. The van der Waals surface area contributed by atoms with Crippen molar-refractivity contribution < 1.29 is 9.53 Å². The summed E-state index contributed by atoms with van der Waals surface area (Å²) in [5.74, 6) is 0. The Kier molecular flexibility index (Phi) is 12.2. The minimum atomic E-state index is -2.23. The second kappa shape index (κ2) is 12.3. The quantitative estimate of drug-likeness (QED) is 0.300. The Hall–Kier alpha value is -0.191. The van der Waals surface area contributed by atoms with Gasteiger partial charge in [0.25, 0.3) is 0 Å². The summed E-state index contributed by atoms with van der Waals surface area (Å²) in [5.41, 5.74) is 6.25. The van der Waals surface area contributed by atoms with Crippen molar-refractivity contribution in [1.29, 1.82) is 0 Å². The van der Waals surface area contributed by atoms with Crippen molar-refractivity contribution in [2.75, 3.05) is 0 Å². The number of rotatable bonds is 13. The van der Waals surface area contributed by atoms with Gasteiger partial charge in [0.1, 0.15) is 0 Å². The summed E-state index contributed by atoms with van der Waals surface area (Å²) >= 11 is -2.23. The number of carbonyl (C=O) groups is 1. The van der Waals surface area contributed by atoms with Gasteiger partial charge < -0.3 is 0 Å².